The van der Waals surface area contributed by atoms with Crippen LogP contribution in [0, 0.1) is 0 Å². The molecule has 0 heterocycles. The van der Waals surface area contributed by atoms with Crippen LogP contribution in [0.3, 0.4) is 0 Å². The van der Waals surface area contributed by atoms with E-state index in [4.69, 9.17) is 18.9 Å². The highest BCUT2D eigenvalue weighted by Crippen LogP contribution is 2.27. The van der Waals surface area contributed by atoms with Crippen molar-refractivity contribution in [3.63, 3.8) is 0 Å². The van der Waals surface area contributed by atoms with Crippen molar-refractivity contribution in [3.8, 4) is 17.2 Å². The molecular formula is C26H31N3O7. The summed E-state index contributed by atoms with van der Waals surface area (Å²) in [6, 6.07) is 10.8. The molecule has 2 aromatic carbocycles. The number of benzene rings is 2. The number of amides is 2. The Hall–Kier alpha value is -4.08. The second-order valence-electron chi connectivity index (χ2n) is 8.00. The Bertz CT molecular complexity index is 1100. The zero-order valence-corrected chi connectivity index (χ0v) is 20.5. The summed E-state index contributed by atoms with van der Waals surface area (Å²) in [4.78, 5) is 35.5. The minimum atomic E-state index is -0.491. The largest absolute Gasteiger partial charge is 0.493 e. The summed E-state index contributed by atoms with van der Waals surface area (Å²) in [7, 11) is 1.47. The second-order valence-corrected chi connectivity index (χ2v) is 8.00. The van der Waals surface area contributed by atoms with Gasteiger partial charge in [0.15, 0.2) is 24.7 Å². The van der Waals surface area contributed by atoms with Gasteiger partial charge in [-0.1, -0.05) is 6.07 Å². The predicted octanol–water partition coefficient (Wildman–Crippen LogP) is 2.16. The lowest BCUT2D eigenvalue weighted by atomic mass is 9.92. The topological polar surface area (TPSA) is 125 Å². The number of ether oxygens (including phenoxy) is 4. The van der Waals surface area contributed by atoms with Gasteiger partial charge in [-0.25, -0.2) is 10.2 Å². The Morgan fingerprint density at radius 2 is 1.75 bits per heavy atom. The molecular weight excluding hydrogens is 466 g/mol. The number of fused-ring (bicyclic) bond motifs is 1. The first-order valence-corrected chi connectivity index (χ1v) is 11.8. The molecule has 192 valence electrons. The monoisotopic (exact) mass is 497 g/mol. The van der Waals surface area contributed by atoms with E-state index in [9.17, 15) is 14.4 Å². The number of hydrogen-bond donors (Lipinski definition) is 2. The predicted molar refractivity (Wildman–Crippen MR) is 132 cm³/mol. The van der Waals surface area contributed by atoms with Gasteiger partial charge >= 0.3 is 5.97 Å². The number of carbonyl (C=O) groups excluding carboxylic acids is 3. The number of esters is 1. The number of nitrogens with zero attached hydrogens (tertiary/aromatic N) is 1. The lowest BCUT2D eigenvalue weighted by Crippen LogP contribution is -2.37. The van der Waals surface area contributed by atoms with Crippen molar-refractivity contribution in [3.05, 3.63) is 53.1 Å². The van der Waals surface area contributed by atoms with Crippen LogP contribution >= 0.6 is 0 Å². The van der Waals surface area contributed by atoms with Crippen LogP contribution in [0.4, 0.5) is 0 Å². The van der Waals surface area contributed by atoms with Crippen LogP contribution in [-0.2, 0) is 32.0 Å². The molecule has 0 aliphatic heterocycles. The summed E-state index contributed by atoms with van der Waals surface area (Å²) in [6.45, 7) is 1.32. The molecule has 0 unspecified atom stereocenters. The van der Waals surface area contributed by atoms with E-state index in [0.717, 1.165) is 12.8 Å². The third kappa shape index (κ3) is 8.30. The van der Waals surface area contributed by atoms with E-state index < -0.39 is 17.8 Å². The van der Waals surface area contributed by atoms with Crippen LogP contribution in [-0.4, -0.2) is 57.5 Å². The Balaban J connectivity index is 1.39. The normalized spacial score (nSPS) is 12.4. The van der Waals surface area contributed by atoms with Gasteiger partial charge in [-0.2, -0.15) is 5.10 Å². The standard InChI is InChI=1S/C26H31N3O7/c1-3-34-26(32)17-36-22-11-8-18(12-23(22)33-2)14-28-29-24(30)15-27-25(31)16-35-21-10-9-19-6-4-5-7-20(19)13-21/h8-14H,3-7,15-17H2,1-2H3,(H,27,31)(H,29,30). The van der Waals surface area contributed by atoms with Crippen molar-refractivity contribution >= 4 is 24.0 Å². The zero-order chi connectivity index (χ0) is 25.8. The van der Waals surface area contributed by atoms with Crippen LogP contribution in [0.2, 0.25) is 0 Å². The maximum absolute atomic E-state index is 12.0. The molecule has 0 radical (unpaired) electrons. The van der Waals surface area contributed by atoms with Gasteiger partial charge in [0.1, 0.15) is 5.75 Å². The number of carbonyl (C=O) groups is 3. The Morgan fingerprint density at radius 1 is 0.944 bits per heavy atom. The second kappa shape index (κ2) is 13.7. The molecule has 36 heavy (non-hydrogen) atoms. The quantitative estimate of drug-likeness (QED) is 0.262. The van der Waals surface area contributed by atoms with Crippen molar-refractivity contribution in [1.82, 2.24) is 10.7 Å². The maximum atomic E-state index is 12.0. The van der Waals surface area contributed by atoms with Crippen LogP contribution in [0.15, 0.2) is 41.5 Å². The molecule has 0 fully saturated rings. The summed E-state index contributed by atoms with van der Waals surface area (Å²) in [5.41, 5.74) is 5.58. The van der Waals surface area contributed by atoms with E-state index in [-0.39, 0.29) is 26.4 Å². The van der Waals surface area contributed by atoms with Crippen LogP contribution in [0.25, 0.3) is 0 Å². The molecule has 0 saturated heterocycles. The molecule has 10 nitrogen and oxygen atoms in total. The Morgan fingerprint density at radius 3 is 2.53 bits per heavy atom. The van der Waals surface area contributed by atoms with Crippen molar-refractivity contribution in [2.24, 2.45) is 5.10 Å². The minimum Gasteiger partial charge on any atom is -0.493 e. The van der Waals surface area contributed by atoms with Crippen molar-refractivity contribution in [2.75, 3.05) is 33.5 Å². The molecule has 3 rings (SSSR count). The van der Waals surface area contributed by atoms with Gasteiger partial charge in [-0.3, -0.25) is 9.59 Å². The summed E-state index contributed by atoms with van der Waals surface area (Å²) >= 11 is 0. The highest BCUT2D eigenvalue weighted by atomic mass is 16.6. The summed E-state index contributed by atoms with van der Waals surface area (Å²) in [6.07, 6.45) is 5.89. The van der Waals surface area contributed by atoms with Crippen LogP contribution in [0.1, 0.15) is 36.5 Å². The van der Waals surface area contributed by atoms with E-state index in [1.54, 1.807) is 25.1 Å². The van der Waals surface area contributed by atoms with Gasteiger partial charge in [0.25, 0.3) is 11.8 Å². The summed E-state index contributed by atoms with van der Waals surface area (Å²) in [5, 5.41) is 6.38. The van der Waals surface area contributed by atoms with Crippen molar-refractivity contribution in [1.29, 1.82) is 0 Å². The molecule has 0 bridgehead atoms. The smallest absolute Gasteiger partial charge is 0.344 e. The highest BCUT2D eigenvalue weighted by molar-refractivity contribution is 5.87. The molecule has 10 heteroatoms. The third-order valence-electron chi connectivity index (χ3n) is 5.38. The maximum Gasteiger partial charge on any atom is 0.344 e. The van der Waals surface area contributed by atoms with E-state index >= 15 is 0 Å². The number of hydrazone groups is 1. The Kier molecular flexibility index (Phi) is 10.1. The lowest BCUT2D eigenvalue weighted by Gasteiger charge is -2.16. The number of aryl methyl sites for hydroxylation is 2. The van der Waals surface area contributed by atoms with E-state index in [0.29, 0.717) is 22.8 Å². The highest BCUT2D eigenvalue weighted by Gasteiger charge is 2.12. The molecule has 2 aromatic rings. The first kappa shape index (κ1) is 26.5. The van der Waals surface area contributed by atoms with Gasteiger partial charge in [0, 0.05) is 0 Å². The third-order valence-corrected chi connectivity index (χ3v) is 5.38. The summed E-state index contributed by atoms with van der Waals surface area (Å²) in [5.74, 6) is 0.0234. The molecule has 2 N–H and O–H groups in total. The first-order valence-electron chi connectivity index (χ1n) is 11.8. The number of nitrogens with one attached hydrogen (secondary N) is 2. The SMILES string of the molecule is CCOC(=O)COc1ccc(C=NNC(=O)CNC(=O)COc2ccc3c(c2)CCCC3)cc1OC. The van der Waals surface area contributed by atoms with Crippen LogP contribution < -0.4 is 25.0 Å². The van der Waals surface area contributed by atoms with Gasteiger partial charge in [-0.05, 0) is 79.6 Å². The molecule has 1 aliphatic carbocycles. The first-order chi connectivity index (χ1) is 17.5. The van der Waals surface area contributed by atoms with Gasteiger partial charge < -0.3 is 24.3 Å². The molecule has 0 atom stereocenters. The van der Waals surface area contributed by atoms with Crippen LogP contribution in [0.5, 0.6) is 17.2 Å². The molecule has 0 saturated carbocycles. The fourth-order valence-electron chi connectivity index (χ4n) is 3.62. The van der Waals surface area contributed by atoms with E-state index in [2.05, 4.69) is 15.8 Å². The van der Waals surface area contributed by atoms with Gasteiger partial charge in [-0.15, -0.1) is 0 Å². The molecule has 0 spiro atoms. The average Bonchev–Trinajstić information content (AvgIpc) is 2.89. The van der Waals surface area contributed by atoms with Gasteiger partial charge in [0.2, 0.25) is 0 Å². The minimum absolute atomic E-state index is 0.181. The number of methoxy groups -OCH3 is 1. The average molecular weight is 498 g/mol. The zero-order valence-electron chi connectivity index (χ0n) is 20.5. The van der Waals surface area contributed by atoms with E-state index in [1.807, 2.05) is 18.2 Å². The van der Waals surface area contributed by atoms with Crippen molar-refractivity contribution in [2.45, 2.75) is 32.6 Å². The molecule has 0 aromatic heterocycles. The van der Waals surface area contributed by atoms with Crippen molar-refractivity contribution < 1.29 is 33.3 Å². The summed E-state index contributed by atoms with van der Waals surface area (Å²) < 4.78 is 21.1. The van der Waals surface area contributed by atoms with E-state index in [1.165, 1.54) is 37.3 Å². The number of rotatable bonds is 12. The Labute approximate surface area is 209 Å². The number of hydrogen-bond acceptors (Lipinski definition) is 8. The lowest BCUT2D eigenvalue weighted by molar-refractivity contribution is -0.145. The molecule has 2 amide bonds. The fraction of sp³-hybridized carbons (Fsp3) is 0.385. The fourth-order valence-corrected chi connectivity index (χ4v) is 3.62. The van der Waals surface area contributed by atoms with Gasteiger partial charge in [0.05, 0.1) is 26.5 Å². The molecule has 1 aliphatic rings.